The van der Waals surface area contributed by atoms with E-state index in [1.54, 1.807) is 7.11 Å². The molecule has 0 atom stereocenters. The Hall–Kier alpha value is -1.76. The summed E-state index contributed by atoms with van der Waals surface area (Å²) in [4.78, 5) is 26.7. The van der Waals surface area contributed by atoms with Gasteiger partial charge in [-0.3, -0.25) is 0 Å². The molecule has 0 aromatic carbocycles. The molecule has 151 valence electrons. The fourth-order valence-electron chi connectivity index (χ4n) is 3.59. The van der Waals surface area contributed by atoms with Crippen molar-refractivity contribution in [2.75, 3.05) is 25.6 Å². The predicted molar refractivity (Wildman–Crippen MR) is 119 cm³/mol. The van der Waals surface area contributed by atoms with Gasteiger partial charge in [0.15, 0.2) is 0 Å². The van der Waals surface area contributed by atoms with E-state index in [9.17, 15) is 4.79 Å². The summed E-state index contributed by atoms with van der Waals surface area (Å²) in [6.45, 7) is 1.39. The monoisotopic (exact) mass is 518 g/mol. The first-order chi connectivity index (χ1) is 14.2. The number of anilines is 1. The second kappa shape index (κ2) is 9.37. The van der Waals surface area contributed by atoms with Gasteiger partial charge in [-0.05, 0) is 0 Å². The van der Waals surface area contributed by atoms with Gasteiger partial charge < -0.3 is 0 Å². The third-order valence-corrected chi connectivity index (χ3v) is 7.48. The number of halogens is 1. The summed E-state index contributed by atoms with van der Waals surface area (Å²) in [5.41, 5.74) is 1.70. The van der Waals surface area contributed by atoms with E-state index < -0.39 is 15.8 Å². The first-order valence-electron chi connectivity index (χ1n) is 9.64. The maximum absolute atomic E-state index is 12.8. The van der Waals surface area contributed by atoms with Crippen LogP contribution in [-0.2, 0) is 4.74 Å². The number of fused-ring (bicyclic) bond motifs is 1. The van der Waals surface area contributed by atoms with Gasteiger partial charge in [0, 0.05) is 0 Å². The Morgan fingerprint density at radius 3 is 2.83 bits per heavy atom. The second-order valence-electron chi connectivity index (χ2n) is 6.99. The zero-order valence-electron chi connectivity index (χ0n) is 16.1. The van der Waals surface area contributed by atoms with Crippen LogP contribution in [0.4, 0.5) is 5.69 Å². The first kappa shape index (κ1) is 20.5. The molecule has 0 amide bonds. The SMILES string of the molecule is COCCNc1ccc([As]c2ncc3cc(Br)c(=O)n(C4CCCC4)c3n2)nc1. The molecular weight excluding hydrogens is 497 g/mol. The van der Waals surface area contributed by atoms with Gasteiger partial charge in [0.05, 0.1) is 0 Å². The van der Waals surface area contributed by atoms with E-state index in [1.807, 2.05) is 35.2 Å². The topological polar surface area (TPSA) is 81.9 Å². The molecule has 3 heterocycles. The molecule has 0 aliphatic heterocycles. The van der Waals surface area contributed by atoms with Crippen molar-refractivity contribution in [2.24, 2.45) is 0 Å². The summed E-state index contributed by atoms with van der Waals surface area (Å²) in [6.07, 6.45) is 8.01. The van der Waals surface area contributed by atoms with Gasteiger partial charge in [-0.25, -0.2) is 0 Å². The van der Waals surface area contributed by atoms with Crippen molar-refractivity contribution in [2.45, 2.75) is 31.7 Å². The number of hydrogen-bond acceptors (Lipinski definition) is 6. The fourth-order valence-corrected chi connectivity index (χ4v) is 5.56. The number of hydrogen-bond donors (Lipinski definition) is 1. The number of aromatic nitrogens is 4. The van der Waals surface area contributed by atoms with Crippen molar-refractivity contribution in [1.29, 1.82) is 0 Å². The van der Waals surface area contributed by atoms with E-state index in [2.05, 4.69) is 31.2 Å². The van der Waals surface area contributed by atoms with Gasteiger partial charge in [-0.1, -0.05) is 0 Å². The Morgan fingerprint density at radius 1 is 1.28 bits per heavy atom. The number of pyridine rings is 2. The van der Waals surface area contributed by atoms with E-state index in [0.29, 0.717) is 11.1 Å². The van der Waals surface area contributed by atoms with Crippen molar-refractivity contribution in [3.8, 4) is 0 Å². The molecule has 1 N–H and O–H groups in total. The van der Waals surface area contributed by atoms with Gasteiger partial charge in [-0.2, -0.15) is 0 Å². The average Bonchev–Trinajstić information content (AvgIpc) is 3.25. The molecule has 1 fully saturated rings. The van der Waals surface area contributed by atoms with Crippen LogP contribution in [0.5, 0.6) is 0 Å². The number of nitrogens with one attached hydrogen (secondary N) is 1. The Kier molecular flexibility index (Phi) is 6.63. The van der Waals surface area contributed by atoms with E-state index in [4.69, 9.17) is 9.72 Å². The zero-order valence-corrected chi connectivity index (χ0v) is 19.6. The number of methoxy groups -OCH3 is 1. The fraction of sp³-hybridized carbons (Fsp3) is 0.400. The van der Waals surface area contributed by atoms with E-state index in [0.717, 1.165) is 58.0 Å². The first-order valence-corrected chi connectivity index (χ1v) is 12.3. The van der Waals surface area contributed by atoms with Crippen LogP contribution in [0.3, 0.4) is 0 Å². The van der Waals surface area contributed by atoms with Crippen molar-refractivity contribution < 1.29 is 4.74 Å². The molecule has 7 nitrogen and oxygen atoms in total. The second-order valence-corrected chi connectivity index (χ2v) is 10.1. The maximum atomic E-state index is 12.8. The summed E-state index contributed by atoms with van der Waals surface area (Å²) in [7, 11) is 1.68. The van der Waals surface area contributed by atoms with Gasteiger partial charge in [0.1, 0.15) is 0 Å². The molecule has 0 spiro atoms. The van der Waals surface area contributed by atoms with Gasteiger partial charge in [-0.15, -0.1) is 0 Å². The summed E-state index contributed by atoms with van der Waals surface area (Å²) in [6, 6.07) is 6.06. The Balaban J connectivity index is 1.61. The molecule has 4 rings (SSSR count). The third-order valence-electron chi connectivity index (χ3n) is 5.00. The van der Waals surface area contributed by atoms with Crippen LogP contribution in [0.15, 0.2) is 39.9 Å². The molecule has 1 saturated carbocycles. The van der Waals surface area contributed by atoms with Crippen LogP contribution in [0.1, 0.15) is 31.7 Å². The van der Waals surface area contributed by atoms with Gasteiger partial charge in [0.2, 0.25) is 0 Å². The quantitative estimate of drug-likeness (QED) is 0.379. The summed E-state index contributed by atoms with van der Waals surface area (Å²) < 4.78 is 9.22. The zero-order chi connectivity index (χ0) is 20.2. The third kappa shape index (κ3) is 4.71. The van der Waals surface area contributed by atoms with E-state index in [1.165, 1.54) is 0 Å². The molecule has 29 heavy (non-hydrogen) atoms. The molecule has 1 radical (unpaired) electrons. The predicted octanol–water partition coefficient (Wildman–Crippen LogP) is 1.78. The molecule has 0 bridgehead atoms. The molecule has 3 aromatic heterocycles. The molecule has 1 aliphatic rings. The molecule has 0 saturated heterocycles. The Bertz CT molecular complexity index is 1050. The van der Waals surface area contributed by atoms with Crippen LogP contribution < -0.4 is 20.0 Å². The van der Waals surface area contributed by atoms with E-state index >= 15 is 0 Å². The molecule has 0 unspecified atom stereocenters. The number of rotatable bonds is 7. The molecule has 3 aromatic rings. The minimum absolute atomic E-state index is 0.00471. The van der Waals surface area contributed by atoms with Crippen LogP contribution in [0.2, 0.25) is 0 Å². The Morgan fingerprint density at radius 2 is 2.10 bits per heavy atom. The summed E-state index contributed by atoms with van der Waals surface area (Å²) in [5.74, 6) is 0. The van der Waals surface area contributed by atoms with Crippen molar-refractivity contribution in [1.82, 2.24) is 19.5 Å². The van der Waals surface area contributed by atoms with Gasteiger partial charge >= 0.3 is 184 Å². The van der Waals surface area contributed by atoms with Crippen molar-refractivity contribution >= 4 is 57.5 Å². The van der Waals surface area contributed by atoms with E-state index in [-0.39, 0.29) is 11.6 Å². The van der Waals surface area contributed by atoms with Crippen LogP contribution in [-0.4, -0.2) is 55.5 Å². The van der Waals surface area contributed by atoms with Gasteiger partial charge in [0.25, 0.3) is 0 Å². The minimum atomic E-state index is -0.463. The van der Waals surface area contributed by atoms with Crippen molar-refractivity contribution in [3.05, 3.63) is 45.4 Å². The van der Waals surface area contributed by atoms with Crippen molar-refractivity contribution in [3.63, 3.8) is 0 Å². The summed E-state index contributed by atoms with van der Waals surface area (Å²) in [5, 5.41) is 4.15. The number of nitrogens with zero attached hydrogens (tertiary/aromatic N) is 4. The Labute approximate surface area is 184 Å². The van der Waals surface area contributed by atoms with Crippen LogP contribution in [0.25, 0.3) is 11.0 Å². The molecule has 9 heteroatoms. The molecule has 1 aliphatic carbocycles. The molecular formula is C20H22AsBrN5O2. The average molecular weight is 519 g/mol. The number of ether oxygens (including phenoxy) is 1. The van der Waals surface area contributed by atoms with Crippen LogP contribution >= 0.6 is 15.9 Å². The van der Waals surface area contributed by atoms with Crippen LogP contribution in [0, 0.1) is 0 Å². The normalized spacial score (nSPS) is 15.0. The summed E-state index contributed by atoms with van der Waals surface area (Å²) >= 11 is 2.95. The standard InChI is InChI=1S/C20H22AsBrN5O2/c1-29-9-8-23-14-6-7-17(24-12-14)21-20-25-11-13-10-16(22)19(28)27(18(13)26-20)15-4-2-3-5-15/h6-7,10-12,15,23H,2-5,8-9H2,1H3.